The predicted molar refractivity (Wildman–Crippen MR) is 73.7 cm³/mol. The molecule has 0 aromatic carbocycles. The first-order valence-corrected chi connectivity index (χ1v) is 7.47. The van der Waals surface area contributed by atoms with Crippen molar-refractivity contribution < 1.29 is 9.59 Å². The Morgan fingerprint density at radius 1 is 1.37 bits per heavy atom. The van der Waals surface area contributed by atoms with Gasteiger partial charge in [0.1, 0.15) is 6.04 Å². The minimum Gasteiger partial charge on any atom is -0.341 e. The largest absolute Gasteiger partial charge is 0.341 e. The number of nitrogens with zero attached hydrogens (tertiary/aromatic N) is 2. The minimum atomic E-state index is -0.306. The van der Waals surface area contributed by atoms with Crippen molar-refractivity contribution in [2.24, 2.45) is 0 Å². The average Bonchev–Trinajstić information content (AvgIpc) is 3.05. The first kappa shape index (κ1) is 14.3. The van der Waals surface area contributed by atoms with Gasteiger partial charge in [0, 0.05) is 19.6 Å². The molecule has 2 amide bonds. The summed E-state index contributed by atoms with van der Waals surface area (Å²) in [6.45, 7) is 7.20. The fourth-order valence-electron chi connectivity index (χ4n) is 2.93. The lowest BCUT2D eigenvalue weighted by atomic mass is 10.2. The lowest BCUT2D eigenvalue weighted by Crippen LogP contribution is -2.49. The third kappa shape index (κ3) is 3.08. The van der Waals surface area contributed by atoms with Crippen LogP contribution in [0.3, 0.4) is 0 Å². The molecule has 2 heterocycles. The van der Waals surface area contributed by atoms with Crippen LogP contribution in [0.25, 0.3) is 0 Å². The van der Waals surface area contributed by atoms with E-state index < -0.39 is 0 Å². The lowest BCUT2D eigenvalue weighted by Gasteiger charge is -2.28. The maximum Gasteiger partial charge on any atom is 0.245 e. The summed E-state index contributed by atoms with van der Waals surface area (Å²) in [4.78, 5) is 28.2. The summed E-state index contributed by atoms with van der Waals surface area (Å²) in [5.74, 6) is 0.204. The number of rotatable bonds is 5. The summed E-state index contributed by atoms with van der Waals surface area (Å²) >= 11 is 0. The molecule has 2 unspecified atom stereocenters. The molecule has 0 spiro atoms. The molecule has 2 aliphatic rings. The van der Waals surface area contributed by atoms with Crippen LogP contribution in [0.1, 0.15) is 39.5 Å². The first-order valence-electron chi connectivity index (χ1n) is 7.47. The number of hydrogen-bond donors (Lipinski definition) is 1. The minimum absolute atomic E-state index is 0.0891. The molecule has 2 fully saturated rings. The fraction of sp³-hybridized carbons (Fsp3) is 0.857. The SMILES string of the molecule is CCCNC1CCN(C(C)C(=O)N2CCCC2)C1=O. The van der Waals surface area contributed by atoms with Crippen LogP contribution < -0.4 is 5.32 Å². The van der Waals surface area contributed by atoms with Gasteiger partial charge in [0.25, 0.3) is 0 Å². The zero-order chi connectivity index (χ0) is 13.8. The van der Waals surface area contributed by atoms with Crippen molar-refractivity contribution in [3.05, 3.63) is 0 Å². The molecule has 5 heteroatoms. The van der Waals surface area contributed by atoms with E-state index in [2.05, 4.69) is 12.2 Å². The van der Waals surface area contributed by atoms with E-state index >= 15 is 0 Å². The van der Waals surface area contributed by atoms with Crippen molar-refractivity contribution in [3.63, 3.8) is 0 Å². The molecular formula is C14H25N3O2. The van der Waals surface area contributed by atoms with Gasteiger partial charge in [-0.15, -0.1) is 0 Å². The molecule has 2 aliphatic heterocycles. The van der Waals surface area contributed by atoms with Crippen LogP contribution in [-0.2, 0) is 9.59 Å². The number of amides is 2. The quantitative estimate of drug-likeness (QED) is 0.793. The predicted octanol–water partition coefficient (Wildman–Crippen LogP) is 0.598. The second-order valence-corrected chi connectivity index (χ2v) is 5.54. The Labute approximate surface area is 115 Å². The van der Waals surface area contributed by atoms with Crippen molar-refractivity contribution in [2.75, 3.05) is 26.2 Å². The molecule has 0 aliphatic carbocycles. The van der Waals surface area contributed by atoms with Gasteiger partial charge in [-0.05, 0) is 39.2 Å². The first-order chi connectivity index (χ1) is 9.15. The summed E-state index contributed by atoms with van der Waals surface area (Å²) in [6, 6.07) is -0.396. The van der Waals surface area contributed by atoms with Crippen LogP contribution in [0.5, 0.6) is 0 Å². The number of carbonyl (C=O) groups is 2. The van der Waals surface area contributed by atoms with Gasteiger partial charge in [-0.25, -0.2) is 0 Å². The number of nitrogens with one attached hydrogen (secondary N) is 1. The molecule has 2 atom stereocenters. The highest BCUT2D eigenvalue weighted by Gasteiger charge is 2.37. The molecule has 0 aromatic rings. The molecule has 2 saturated heterocycles. The maximum atomic E-state index is 12.3. The van der Waals surface area contributed by atoms with Crippen molar-refractivity contribution >= 4 is 11.8 Å². The van der Waals surface area contributed by atoms with E-state index in [0.717, 1.165) is 45.3 Å². The standard InChI is InChI=1S/C14H25N3O2/c1-3-7-15-12-6-10-17(14(12)19)11(2)13(18)16-8-4-5-9-16/h11-12,15H,3-10H2,1-2H3. The fourth-order valence-corrected chi connectivity index (χ4v) is 2.93. The Balaban J connectivity index is 1.90. The van der Waals surface area contributed by atoms with Crippen LogP contribution in [0.2, 0.25) is 0 Å². The smallest absolute Gasteiger partial charge is 0.245 e. The van der Waals surface area contributed by atoms with Crippen molar-refractivity contribution in [1.82, 2.24) is 15.1 Å². The molecule has 0 saturated carbocycles. The third-order valence-electron chi connectivity index (χ3n) is 4.12. The highest BCUT2D eigenvalue weighted by molar-refractivity contribution is 5.91. The second kappa shape index (κ2) is 6.37. The summed E-state index contributed by atoms with van der Waals surface area (Å²) in [5.41, 5.74) is 0. The highest BCUT2D eigenvalue weighted by Crippen LogP contribution is 2.18. The van der Waals surface area contributed by atoms with E-state index in [9.17, 15) is 9.59 Å². The lowest BCUT2D eigenvalue weighted by molar-refractivity contribution is -0.142. The van der Waals surface area contributed by atoms with Gasteiger partial charge < -0.3 is 15.1 Å². The van der Waals surface area contributed by atoms with Crippen molar-refractivity contribution in [2.45, 2.75) is 51.6 Å². The number of carbonyl (C=O) groups excluding carboxylic acids is 2. The average molecular weight is 267 g/mol. The van der Waals surface area contributed by atoms with Crippen LogP contribution in [-0.4, -0.2) is 59.9 Å². The Morgan fingerprint density at radius 2 is 2.05 bits per heavy atom. The molecule has 0 radical (unpaired) electrons. The van der Waals surface area contributed by atoms with Gasteiger partial charge in [-0.3, -0.25) is 9.59 Å². The summed E-state index contributed by atoms with van der Waals surface area (Å²) in [5, 5.41) is 3.26. The molecule has 19 heavy (non-hydrogen) atoms. The van der Waals surface area contributed by atoms with Crippen molar-refractivity contribution in [1.29, 1.82) is 0 Å². The zero-order valence-corrected chi connectivity index (χ0v) is 12.0. The monoisotopic (exact) mass is 267 g/mol. The van der Waals surface area contributed by atoms with Gasteiger partial charge in [0.2, 0.25) is 11.8 Å². The van der Waals surface area contributed by atoms with E-state index in [1.54, 1.807) is 4.90 Å². The number of likely N-dealkylation sites (tertiary alicyclic amines) is 2. The van der Waals surface area contributed by atoms with E-state index in [1.807, 2.05) is 11.8 Å². The third-order valence-corrected chi connectivity index (χ3v) is 4.12. The van der Waals surface area contributed by atoms with Crippen LogP contribution in [0.15, 0.2) is 0 Å². The normalized spacial score (nSPS) is 25.2. The molecule has 5 nitrogen and oxygen atoms in total. The highest BCUT2D eigenvalue weighted by atomic mass is 16.2. The Kier molecular flexibility index (Phi) is 4.80. The maximum absolute atomic E-state index is 12.3. The molecular weight excluding hydrogens is 242 g/mol. The van der Waals surface area contributed by atoms with Gasteiger partial charge >= 0.3 is 0 Å². The number of hydrogen-bond acceptors (Lipinski definition) is 3. The van der Waals surface area contributed by atoms with Gasteiger partial charge in [0.05, 0.1) is 6.04 Å². The molecule has 1 N–H and O–H groups in total. The molecule has 0 bridgehead atoms. The Hall–Kier alpha value is -1.10. The van der Waals surface area contributed by atoms with E-state index in [-0.39, 0.29) is 23.9 Å². The zero-order valence-electron chi connectivity index (χ0n) is 12.0. The second-order valence-electron chi connectivity index (χ2n) is 5.54. The Morgan fingerprint density at radius 3 is 2.68 bits per heavy atom. The van der Waals surface area contributed by atoms with E-state index in [0.29, 0.717) is 6.54 Å². The van der Waals surface area contributed by atoms with Gasteiger partial charge in [-0.2, -0.15) is 0 Å². The molecule has 108 valence electrons. The molecule has 0 aromatic heterocycles. The van der Waals surface area contributed by atoms with Crippen LogP contribution in [0, 0.1) is 0 Å². The summed E-state index contributed by atoms with van der Waals surface area (Å²) in [7, 11) is 0. The topological polar surface area (TPSA) is 52.7 Å². The van der Waals surface area contributed by atoms with Crippen LogP contribution in [0.4, 0.5) is 0 Å². The van der Waals surface area contributed by atoms with Crippen molar-refractivity contribution in [3.8, 4) is 0 Å². The van der Waals surface area contributed by atoms with E-state index in [4.69, 9.17) is 0 Å². The summed E-state index contributed by atoms with van der Waals surface area (Å²) < 4.78 is 0. The summed E-state index contributed by atoms with van der Waals surface area (Å²) in [6.07, 6.45) is 4.02. The molecule has 2 rings (SSSR count). The van der Waals surface area contributed by atoms with Gasteiger partial charge in [-0.1, -0.05) is 6.92 Å². The van der Waals surface area contributed by atoms with E-state index in [1.165, 1.54) is 0 Å². The van der Waals surface area contributed by atoms with Crippen LogP contribution >= 0.6 is 0 Å². The Bertz CT molecular complexity index is 340. The van der Waals surface area contributed by atoms with Gasteiger partial charge in [0.15, 0.2) is 0 Å².